The summed E-state index contributed by atoms with van der Waals surface area (Å²) >= 11 is 6.92. The van der Waals surface area contributed by atoms with Crippen molar-refractivity contribution in [3.63, 3.8) is 0 Å². The molecule has 0 bridgehead atoms. The highest BCUT2D eigenvalue weighted by Crippen LogP contribution is 2.51. The van der Waals surface area contributed by atoms with Crippen LogP contribution in [0.1, 0.15) is 80.0 Å². The van der Waals surface area contributed by atoms with Crippen LogP contribution in [0.3, 0.4) is 0 Å². The highest BCUT2D eigenvalue weighted by Gasteiger charge is 2.43. The average Bonchev–Trinajstić information content (AvgIpc) is 2.92. The number of aryl methyl sites for hydroxylation is 2. The Bertz CT molecular complexity index is 1340. The first-order valence-electron chi connectivity index (χ1n) is 14.8. The fourth-order valence-electron chi connectivity index (χ4n) is 6.65. The van der Waals surface area contributed by atoms with Gasteiger partial charge < -0.3 is 19.1 Å². The summed E-state index contributed by atoms with van der Waals surface area (Å²) in [6.07, 6.45) is 5.07. The van der Waals surface area contributed by atoms with E-state index >= 15 is 0 Å². The molecule has 0 aromatic heterocycles. The molecule has 7 heteroatoms. The molecule has 2 aromatic carbocycles. The van der Waals surface area contributed by atoms with Gasteiger partial charge in [0, 0.05) is 61.6 Å². The van der Waals surface area contributed by atoms with Crippen LogP contribution >= 0.6 is 11.6 Å². The van der Waals surface area contributed by atoms with Gasteiger partial charge >= 0.3 is 0 Å². The number of allylic oxidation sites excluding steroid dienone is 4. The van der Waals surface area contributed by atoms with Crippen molar-refractivity contribution in [2.45, 2.75) is 78.2 Å². The first-order valence-corrected chi connectivity index (χ1v) is 15.1. The van der Waals surface area contributed by atoms with Gasteiger partial charge in [0.25, 0.3) is 0 Å². The molecular weight excluding hydrogens is 538 g/mol. The third-order valence-corrected chi connectivity index (χ3v) is 8.43. The Morgan fingerprint density at radius 1 is 0.878 bits per heavy atom. The molecule has 0 saturated heterocycles. The number of nitrogens with zero attached hydrogens (tertiary/aromatic N) is 1. The number of rotatable bonds is 10. The zero-order chi connectivity index (χ0) is 29.1. The predicted molar refractivity (Wildman–Crippen MR) is 161 cm³/mol. The third-order valence-electron chi connectivity index (χ3n) is 8.15. The molecule has 0 N–H and O–H groups in total. The summed E-state index contributed by atoms with van der Waals surface area (Å²) in [4.78, 5) is 29.5. The molecule has 2 aliphatic carbocycles. The molecule has 41 heavy (non-hydrogen) atoms. The number of hydrogen-bond acceptors (Lipinski definition) is 6. The van der Waals surface area contributed by atoms with Crippen molar-refractivity contribution in [2.75, 3.05) is 26.9 Å². The molecule has 3 aliphatic rings. The van der Waals surface area contributed by atoms with E-state index in [9.17, 15) is 9.59 Å². The largest absolute Gasteiger partial charge is 0.490 e. The zero-order valence-electron chi connectivity index (χ0n) is 24.6. The van der Waals surface area contributed by atoms with Crippen LogP contribution in [0.2, 0.25) is 5.02 Å². The van der Waals surface area contributed by atoms with Gasteiger partial charge in [-0.2, -0.15) is 0 Å². The van der Waals surface area contributed by atoms with Gasteiger partial charge in [0.15, 0.2) is 23.1 Å². The standard InChI is InChI=1S/C34H40ClNO5/c1-5-40-30-19-24(18-25(35)34(30)41-20-23-16-21(2)15-22(3)17-23)31-32-26(9-6-11-28(32)37)36(13-8-14-39-4)27-10-7-12-29(38)33(27)31/h15-19,31H,5-14,20H2,1-4H3. The molecule has 0 saturated carbocycles. The Labute approximate surface area is 248 Å². The molecule has 1 aliphatic heterocycles. The van der Waals surface area contributed by atoms with Gasteiger partial charge in [-0.3, -0.25) is 9.59 Å². The molecule has 0 spiro atoms. The molecule has 1 heterocycles. The van der Waals surface area contributed by atoms with E-state index in [0.717, 1.165) is 72.3 Å². The summed E-state index contributed by atoms with van der Waals surface area (Å²) in [7, 11) is 1.70. The van der Waals surface area contributed by atoms with Crippen LogP contribution in [0.5, 0.6) is 11.5 Å². The van der Waals surface area contributed by atoms with Crippen molar-refractivity contribution >= 4 is 23.2 Å². The van der Waals surface area contributed by atoms with Crippen molar-refractivity contribution in [1.29, 1.82) is 0 Å². The fourth-order valence-corrected chi connectivity index (χ4v) is 6.93. The van der Waals surface area contributed by atoms with E-state index in [1.807, 2.05) is 19.1 Å². The van der Waals surface area contributed by atoms with Gasteiger partial charge in [-0.15, -0.1) is 0 Å². The summed E-state index contributed by atoms with van der Waals surface area (Å²) in [6, 6.07) is 10.1. The van der Waals surface area contributed by atoms with E-state index in [1.54, 1.807) is 7.11 Å². The summed E-state index contributed by atoms with van der Waals surface area (Å²) in [6.45, 7) is 8.19. The molecule has 0 atom stereocenters. The Kier molecular flexibility index (Phi) is 9.20. The second kappa shape index (κ2) is 12.8. The van der Waals surface area contributed by atoms with E-state index in [-0.39, 0.29) is 11.6 Å². The molecule has 0 radical (unpaired) electrons. The number of ketones is 2. The second-order valence-corrected chi connectivity index (χ2v) is 11.7. The van der Waals surface area contributed by atoms with Crippen LogP contribution in [0, 0.1) is 13.8 Å². The maximum Gasteiger partial charge on any atom is 0.180 e. The summed E-state index contributed by atoms with van der Waals surface area (Å²) < 4.78 is 17.6. The number of ether oxygens (including phenoxy) is 3. The number of carbonyl (C=O) groups is 2. The number of hydrogen-bond donors (Lipinski definition) is 0. The van der Waals surface area contributed by atoms with Crippen molar-refractivity contribution in [1.82, 2.24) is 4.90 Å². The molecule has 0 amide bonds. The zero-order valence-corrected chi connectivity index (χ0v) is 25.4. The maximum absolute atomic E-state index is 13.6. The van der Waals surface area contributed by atoms with Crippen LogP contribution < -0.4 is 9.47 Å². The summed E-state index contributed by atoms with van der Waals surface area (Å²) in [5.41, 5.74) is 7.79. The monoisotopic (exact) mass is 577 g/mol. The van der Waals surface area contributed by atoms with Crippen LogP contribution in [0.15, 0.2) is 52.9 Å². The molecule has 0 fully saturated rings. The molecule has 0 unspecified atom stereocenters. The molecule has 2 aromatic rings. The van der Waals surface area contributed by atoms with Crippen LogP contribution in [-0.4, -0.2) is 43.3 Å². The topological polar surface area (TPSA) is 65.1 Å². The van der Waals surface area contributed by atoms with E-state index in [0.29, 0.717) is 49.2 Å². The highest BCUT2D eigenvalue weighted by molar-refractivity contribution is 6.32. The minimum absolute atomic E-state index is 0.113. The third kappa shape index (κ3) is 6.09. The smallest absolute Gasteiger partial charge is 0.180 e. The Hall–Kier alpha value is -3.09. The number of carbonyl (C=O) groups excluding carboxylic acids is 2. The summed E-state index contributed by atoms with van der Waals surface area (Å²) in [5.74, 6) is 0.772. The fraction of sp³-hybridized carbons (Fsp3) is 0.471. The second-order valence-electron chi connectivity index (χ2n) is 11.3. The van der Waals surface area contributed by atoms with Gasteiger partial charge in [0.1, 0.15) is 6.61 Å². The van der Waals surface area contributed by atoms with Gasteiger partial charge in [-0.25, -0.2) is 0 Å². The first kappa shape index (κ1) is 29.4. The Morgan fingerprint density at radius 3 is 2.10 bits per heavy atom. The normalized spacial score (nSPS) is 17.6. The maximum atomic E-state index is 13.6. The Balaban J connectivity index is 1.58. The predicted octanol–water partition coefficient (Wildman–Crippen LogP) is 7.38. The van der Waals surface area contributed by atoms with E-state index < -0.39 is 5.92 Å². The van der Waals surface area contributed by atoms with E-state index in [2.05, 4.69) is 36.9 Å². The van der Waals surface area contributed by atoms with E-state index in [4.69, 9.17) is 25.8 Å². The number of benzene rings is 2. The lowest BCUT2D eigenvalue weighted by Crippen LogP contribution is -2.39. The molecule has 6 nitrogen and oxygen atoms in total. The van der Waals surface area contributed by atoms with Crippen molar-refractivity contribution < 1.29 is 23.8 Å². The number of halogens is 1. The van der Waals surface area contributed by atoms with Gasteiger partial charge in [-0.1, -0.05) is 40.9 Å². The molecule has 5 rings (SSSR count). The minimum Gasteiger partial charge on any atom is -0.490 e. The lowest BCUT2D eigenvalue weighted by molar-refractivity contribution is -0.117. The Morgan fingerprint density at radius 2 is 1.51 bits per heavy atom. The number of methoxy groups -OCH3 is 1. The van der Waals surface area contributed by atoms with E-state index in [1.165, 1.54) is 11.1 Å². The van der Waals surface area contributed by atoms with Crippen molar-refractivity contribution in [2.24, 2.45) is 0 Å². The van der Waals surface area contributed by atoms with Crippen molar-refractivity contribution in [3.8, 4) is 11.5 Å². The first-order chi connectivity index (χ1) is 19.8. The van der Waals surface area contributed by atoms with Crippen LogP contribution in [0.25, 0.3) is 0 Å². The van der Waals surface area contributed by atoms with Crippen LogP contribution in [-0.2, 0) is 20.9 Å². The molecule has 218 valence electrons. The highest BCUT2D eigenvalue weighted by atomic mass is 35.5. The quantitative estimate of drug-likeness (QED) is 0.274. The van der Waals surface area contributed by atoms with Gasteiger partial charge in [0.2, 0.25) is 0 Å². The number of Topliss-reactive ketones (excluding diaryl/α,β-unsaturated/α-hetero) is 2. The van der Waals surface area contributed by atoms with Crippen LogP contribution in [0.4, 0.5) is 0 Å². The molecular formula is C34H40ClNO5. The average molecular weight is 578 g/mol. The summed E-state index contributed by atoms with van der Waals surface area (Å²) in [5, 5.41) is 0.411. The minimum atomic E-state index is -0.454. The lowest BCUT2D eigenvalue weighted by atomic mass is 9.71. The van der Waals surface area contributed by atoms with Gasteiger partial charge in [-0.05, 0) is 76.1 Å². The van der Waals surface area contributed by atoms with Gasteiger partial charge in [0.05, 0.1) is 11.6 Å². The lowest BCUT2D eigenvalue weighted by Gasteiger charge is -2.44. The van der Waals surface area contributed by atoms with Crippen molar-refractivity contribution in [3.05, 3.63) is 80.1 Å². The SMILES string of the molecule is CCOc1cc(C2C3=C(CCCC3=O)N(CCCOC)C3=C2C(=O)CCC3)cc(Cl)c1OCc1cc(C)cc(C)c1.